The first-order valence-electron chi connectivity index (χ1n) is 6.90. The highest BCUT2D eigenvalue weighted by Gasteiger charge is 2.28. The van der Waals surface area contributed by atoms with E-state index in [4.69, 9.17) is 10.5 Å². The maximum atomic E-state index is 12.4. The Morgan fingerprint density at radius 1 is 1.47 bits per heavy atom. The van der Waals surface area contributed by atoms with Crippen LogP contribution < -0.4 is 10.5 Å². The van der Waals surface area contributed by atoms with Crippen molar-refractivity contribution in [2.45, 2.75) is 25.3 Å². The van der Waals surface area contributed by atoms with E-state index < -0.39 is 0 Å². The molecule has 1 aromatic rings. The first kappa shape index (κ1) is 12.5. The summed E-state index contributed by atoms with van der Waals surface area (Å²) in [5.74, 6) is 1.58. The number of nitrogens with zero attached hydrogens (tertiary/aromatic N) is 1. The second kappa shape index (κ2) is 4.85. The number of ether oxygens (including phenoxy) is 1. The van der Waals surface area contributed by atoms with Crippen molar-refractivity contribution in [2.75, 3.05) is 20.2 Å². The van der Waals surface area contributed by atoms with Crippen LogP contribution in [0.3, 0.4) is 0 Å². The molecule has 2 N–H and O–H groups in total. The van der Waals surface area contributed by atoms with Crippen molar-refractivity contribution in [1.82, 2.24) is 4.90 Å². The fraction of sp³-hybridized carbons (Fsp3) is 0.533. The Balaban J connectivity index is 1.66. The van der Waals surface area contributed by atoms with Crippen molar-refractivity contribution in [3.05, 3.63) is 29.3 Å². The molecule has 1 amide bonds. The molecule has 1 aromatic carbocycles. The Hall–Kier alpha value is -1.55. The summed E-state index contributed by atoms with van der Waals surface area (Å²) in [6, 6.07) is 6.07. The van der Waals surface area contributed by atoms with Crippen LogP contribution >= 0.6 is 0 Å². The Kier molecular flexibility index (Phi) is 3.19. The van der Waals surface area contributed by atoms with Gasteiger partial charge in [-0.25, -0.2) is 0 Å². The van der Waals surface area contributed by atoms with Crippen molar-refractivity contribution in [1.29, 1.82) is 0 Å². The van der Waals surface area contributed by atoms with Crippen LogP contribution in [0.15, 0.2) is 18.2 Å². The molecule has 2 aliphatic rings. The summed E-state index contributed by atoms with van der Waals surface area (Å²) in [6.45, 7) is 1.53. The van der Waals surface area contributed by atoms with Gasteiger partial charge >= 0.3 is 0 Å². The number of carbonyl (C=O) groups is 1. The number of hydrogen-bond donors (Lipinski definition) is 1. The lowest BCUT2D eigenvalue weighted by Crippen LogP contribution is -2.43. The zero-order valence-electron chi connectivity index (χ0n) is 11.3. The largest absolute Gasteiger partial charge is 0.493 e. The molecular formula is C15H20N2O2. The van der Waals surface area contributed by atoms with Crippen LogP contribution in [0.25, 0.3) is 0 Å². The van der Waals surface area contributed by atoms with E-state index in [2.05, 4.69) is 0 Å². The van der Waals surface area contributed by atoms with Crippen LogP contribution in [0.4, 0.5) is 0 Å². The Morgan fingerprint density at radius 3 is 3.00 bits per heavy atom. The summed E-state index contributed by atoms with van der Waals surface area (Å²) >= 11 is 0. The van der Waals surface area contributed by atoms with Crippen LogP contribution in [0.5, 0.6) is 5.75 Å². The van der Waals surface area contributed by atoms with E-state index in [-0.39, 0.29) is 5.91 Å². The Labute approximate surface area is 113 Å². The third-order valence-electron chi connectivity index (χ3n) is 4.09. The molecule has 0 saturated heterocycles. The Bertz CT molecular complexity index is 495. The molecule has 1 fully saturated rings. The second-order valence-electron chi connectivity index (χ2n) is 5.70. The monoisotopic (exact) mass is 260 g/mol. The number of nitrogens with two attached hydrogens (primary N) is 1. The molecular weight excluding hydrogens is 240 g/mol. The van der Waals surface area contributed by atoms with Crippen LogP contribution in [-0.2, 0) is 6.42 Å². The quantitative estimate of drug-likeness (QED) is 0.894. The average Bonchev–Trinajstić information content (AvgIpc) is 2.83. The molecule has 1 heterocycles. The van der Waals surface area contributed by atoms with Gasteiger partial charge in [0.1, 0.15) is 5.75 Å². The van der Waals surface area contributed by atoms with E-state index in [0.29, 0.717) is 12.0 Å². The van der Waals surface area contributed by atoms with Crippen LogP contribution in [0.1, 0.15) is 28.8 Å². The fourth-order valence-electron chi connectivity index (χ4n) is 2.95. The highest BCUT2D eigenvalue weighted by molar-refractivity contribution is 5.94. The lowest BCUT2D eigenvalue weighted by Gasteiger charge is -2.35. The summed E-state index contributed by atoms with van der Waals surface area (Å²) in [5, 5.41) is 0. The molecule has 0 aromatic heterocycles. The lowest BCUT2D eigenvalue weighted by molar-refractivity contribution is 0.0734. The summed E-state index contributed by atoms with van der Waals surface area (Å²) in [6.07, 6.45) is 2.98. The molecule has 1 saturated carbocycles. The predicted molar refractivity (Wildman–Crippen MR) is 73.3 cm³/mol. The van der Waals surface area contributed by atoms with E-state index in [1.807, 2.05) is 30.1 Å². The molecule has 0 atom stereocenters. The van der Waals surface area contributed by atoms with Gasteiger partial charge in [-0.3, -0.25) is 4.79 Å². The lowest BCUT2D eigenvalue weighted by atomic mass is 9.80. The normalized spacial score (nSPS) is 24.3. The van der Waals surface area contributed by atoms with Crippen molar-refractivity contribution in [3.8, 4) is 5.75 Å². The molecule has 19 heavy (non-hydrogen) atoms. The smallest absolute Gasteiger partial charge is 0.253 e. The van der Waals surface area contributed by atoms with Gasteiger partial charge in [0.15, 0.2) is 0 Å². The van der Waals surface area contributed by atoms with E-state index in [0.717, 1.165) is 49.3 Å². The van der Waals surface area contributed by atoms with E-state index in [1.165, 1.54) is 0 Å². The molecule has 4 heteroatoms. The SMILES string of the molecule is CN(CC1CC(N)C1)C(=O)c1ccc2c(c1)CCO2. The van der Waals surface area contributed by atoms with Gasteiger partial charge in [-0.05, 0) is 42.5 Å². The first-order valence-corrected chi connectivity index (χ1v) is 6.90. The maximum Gasteiger partial charge on any atom is 0.253 e. The first-order chi connectivity index (χ1) is 9.13. The van der Waals surface area contributed by atoms with Gasteiger partial charge in [0, 0.05) is 31.6 Å². The van der Waals surface area contributed by atoms with Crippen molar-refractivity contribution < 1.29 is 9.53 Å². The molecule has 1 aliphatic heterocycles. The molecule has 1 aliphatic carbocycles. The molecule has 0 bridgehead atoms. The second-order valence-corrected chi connectivity index (χ2v) is 5.70. The third kappa shape index (κ3) is 2.45. The topological polar surface area (TPSA) is 55.6 Å². The fourth-order valence-corrected chi connectivity index (χ4v) is 2.95. The highest BCUT2D eigenvalue weighted by atomic mass is 16.5. The highest BCUT2D eigenvalue weighted by Crippen LogP contribution is 2.28. The average molecular weight is 260 g/mol. The zero-order chi connectivity index (χ0) is 13.4. The van der Waals surface area contributed by atoms with Gasteiger partial charge < -0.3 is 15.4 Å². The predicted octanol–water partition coefficient (Wildman–Crippen LogP) is 1.43. The summed E-state index contributed by atoms with van der Waals surface area (Å²) < 4.78 is 5.46. The minimum atomic E-state index is 0.0928. The van der Waals surface area contributed by atoms with Gasteiger partial charge in [0.25, 0.3) is 5.91 Å². The summed E-state index contributed by atoms with van der Waals surface area (Å²) in [4.78, 5) is 14.2. The van der Waals surface area contributed by atoms with Crippen molar-refractivity contribution >= 4 is 5.91 Å². The zero-order valence-corrected chi connectivity index (χ0v) is 11.3. The number of benzene rings is 1. The van der Waals surface area contributed by atoms with E-state index in [9.17, 15) is 4.79 Å². The summed E-state index contributed by atoms with van der Waals surface area (Å²) in [5.41, 5.74) is 7.68. The minimum absolute atomic E-state index is 0.0928. The molecule has 3 rings (SSSR count). The number of fused-ring (bicyclic) bond motifs is 1. The van der Waals surface area contributed by atoms with Crippen LogP contribution in [0.2, 0.25) is 0 Å². The molecule has 0 spiro atoms. The van der Waals surface area contributed by atoms with Gasteiger partial charge in [-0.1, -0.05) is 0 Å². The van der Waals surface area contributed by atoms with Crippen molar-refractivity contribution in [3.63, 3.8) is 0 Å². The Morgan fingerprint density at radius 2 is 2.26 bits per heavy atom. The standard InChI is InChI=1S/C15H20N2O2/c1-17(9-10-6-13(16)7-10)15(18)12-2-3-14-11(8-12)4-5-19-14/h2-3,8,10,13H,4-7,9,16H2,1H3. The number of rotatable bonds is 3. The minimum Gasteiger partial charge on any atom is -0.493 e. The van der Waals surface area contributed by atoms with Gasteiger partial charge in [0.05, 0.1) is 6.61 Å². The molecule has 4 nitrogen and oxygen atoms in total. The van der Waals surface area contributed by atoms with E-state index >= 15 is 0 Å². The van der Waals surface area contributed by atoms with Crippen LogP contribution in [-0.4, -0.2) is 37.0 Å². The molecule has 0 unspecified atom stereocenters. The number of carbonyl (C=O) groups excluding carboxylic acids is 1. The van der Waals surface area contributed by atoms with Crippen molar-refractivity contribution in [2.24, 2.45) is 11.7 Å². The van der Waals surface area contributed by atoms with Gasteiger partial charge in [-0.2, -0.15) is 0 Å². The van der Waals surface area contributed by atoms with Gasteiger partial charge in [-0.15, -0.1) is 0 Å². The maximum absolute atomic E-state index is 12.4. The number of amides is 1. The van der Waals surface area contributed by atoms with E-state index in [1.54, 1.807) is 0 Å². The third-order valence-corrected chi connectivity index (χ3v) is 4.09. The number of hydrogen-bond acceptors (Lipinski definition) is 3. The van der Waals surface area contributed by atoms with Crippen LogP contribution in [0, 0.1) is 5.92 Å². The molecule has 102 valence electrons. The molecule has 0 radical (unpaired) electrons. The summed E-state index contributed by atoms with van der Waals surface area (Å²) in [7, 11) is 1.87. The van der Waals surface area contributed by atoms with Gasteiger partial charge in [0.2, 0.25) is 0 Å².